The van der Waals surface area contributed by atoms with Gasteiger partial charge in [0.2, 0.25) is 0 Å². The van der Waals surface area contributed by atoms with Crippen LogP contribution in [-0.4, -0.2) is 36.5 Å². The molecule has 3 aliphatic heterocycles. The Morgan fingerprint density at radius 3 is 2.37 bits per heavy atom. The first-order chi connectivity index (χ1) is 8.72. The number of halogens is 2. The standard InChI is InChI=1S/C14H17ClN2O.ClH/c15-12-3-1-11(2-4-12)14(18)16-13-9-17-7-5-10(13)6-8-17;/h1-4,10,13H,5-9H2,(H,16,18);1H/t13-;/m1./s1. The first-order valence-electron chi connectivity index (χ1n) is 6.51. The number of nitrogens with one attached hydrogen (secondary N) is 1. The summed E-state index contributed by atoms with van der Waals surface area (Å²) in [5.41, 5.74) is 0.691. The van der Waals surface area contributed by atoms with E-state index in [1.165, 1.54) is 25.9 Å². The fourth-order valence-corrected chi connectivity index (χ4v) is 3.11. The Hall–Kier alpha value is -0.770. The van der Waals surface area contributed by atoms with E-state index in [1.54, 1.807) is 24.3 Å². The number of hydrogen-bond acceptors (Lipinski definition) is 2. The van der Waals surface area contributed by atoms with Crippen molar-refractivity contribution in [2.75, 3.05) is 19.6 Å². The molecule has 0 aromatic heterocycles. The highest BCUT2D eigenvalue weighted by Gasteiger charge is 2.34. The van der Waals surface area contributed by atoms with Gasteiger partial charge >= 0.3 is 0 Å². The third-order valence-corrected chi connectivity index (χ3v) is 4.33. The minimum absolute atomic E-state index is 0. The number of hydrogen-bond donors (Lipinski definition) is 1. The number of nitrogens with zero attached hydrogens (tertiary/aromatic N) is 1. The summed E-state index contributed by atoms with van der Waals surface area (Å²) in [6, 6.07) is 7.38. The first kappa shape index (κ1) is 14.6. The van der Waals surface area contributed by atoms with Crippen molar-refractivity contribution in [2.45, 2.75) is 18.9 Å². The fourth-order valence-electron chi connectivity index (χ4n) is 2.98. The lowest BCUT2D eigenvalue weighted by Gasteiger charge is -2.44. The molecule has 0 spiro atoms. The second kappa shape index (κ2) is 6.12. The third-order valence-electron chi connectivity index (χ3n) is 4.08. The lowest BCUT2D eigenvalue weighted by atomic mass is 9.84. The molecule has 19 heavy (non-hydrogen) atoms. The smallest absolute Gasteiger partial charge is 0.251 e. The largest absolute Gasteiger partial charge is 0.348 e. The molecule has 1 aromatic rings. The Bertz CT molecular complexity index is 441. The number of rotatable bonds is 2. The zero-order valence-electron chi connectivity index (χ0n) is 10.6. The summed E-state index contributed by atoms with van der Waals surface area (Å²) < 4.78 is 0. The zero-order chi connectivity index (χ0) is 12.5. The summed E-state index contributed by atoms with van der Waals surface area (Å²) in [4.78, 5) is 14.6. The van der Waals surface area contributed by atoms with Gasteiger partial charge in [-0.15, -0.1) is 12.4 Å². The maximum atomic E-state index is 12.1. The molecule has 1 aromatic carbocycles. The SMILES string of the molecule is Cl.O=C(N[C@@H]1CN2CCC1CC2)c1ccc(Cl)cc1. The van der Waals surface area contributed by atoms with Gasteiger partial charge in [-0.2, -0.15) is 0 Å². The molecule has 0 saturated carbocycles. The number of benzene rings is 1. The highest BCUT2D eigenvalue weighted by molar-refractivity contribution is 6.30. The number of piperidine rings is 3. The molecule has 3 heterocycles. The molecule has 0 radical (unpaired) electrons. The van der Waals surface area contributed by atoms with E-state index in [2.05, 4.69) is 10.2 Å². The molecule has 3 aliphatic rings. The highest BCUT2D eigenvalue weighted by atomic mass is 35.5. The van der Waals surface area contributed by atoms with E-state index in [0.29, 0.717) is 22.5 Å². The molecule has 3 saturated heterocycles. The van der Waals surface area contributed by atoms with Crippen LogP contribution in [0.3, 0.4) is 0 Å². The van der Waals surface area contributed by atoms with Crippen molar-refractivity contribution < 1.29 is 4.79 Å². The van der Waals surface area contributed by atoms with Gasteiger partial charge in [-0.05, 0) is 56.1 Å². The molecular formula is C14H18Cl2N2O. The molecular weight excluding hydrogens is 283 g/mol. The average molecular weight is 301 g/mol. The molecule has 0 unspecified atom stereocenters. The number of fused-ring (bicyclic) bond motifs is 3. The normalized spacial score (nSPS) is 28.6. The van der Waals surface area contributed by atoms with E-state index in [0.717, 1.165) is 6.54 Å². The van der Waals surface area contributed by atoms with Crippen LogP contribution in [0, 0.1) is 5.92 Å². The summed E-state index contributed by atoms with van der Waals surface area (Å²) in [6.07, 6.45) is 2.43. The van der Waals surface area contributed by atoms with Gasteiger partial charge in [0.05, 0.1) is 0 Å². The number of carbonyl (C=O) groups is 1. The second-order valence-corrected chi connectivity index (χ2v) is 5.66. The minimum atomic E-state index is 0. The summed E-state index contributed by atoms with van der Waals surface area (Å²) >= 11 is 5.82. The first-order valence-corrected chi connectivity index (χ1v) is 6.89. The third kappa shape index (κ3) is 3.22. The van der Waals surface area contributed by atoms with Crippen molar-refractivity contribution in [3.05, 3.63) is 34.9 Å². The summed E-state index contributed by atoms with van der Waals surface area (Å²) in [7, 11) is 0. The van der Waals surface area contributed by atoms with Gasteiger partial charge in [-0.1, -0.05) is 11.6 Å². The minimum Gasteiger partial charge on any atom is -0.348 e. The van der Waals surface area contributed by atoms with E-state index >= 15 is 0 Å². The van der Waals surface area contributed by atoms with Crippen LogP contribution in [0.25, 0.3) is 0 Å². The van der Waals surface area contributed by atoms with Crippen molar-refractivity contribution >= 4 is 29.9 Å². The molecule has 104 valence electrons. The second-order valence-electron chi connectivity index (χ2n) is 5.22. The van der Waals surface area contributed by atoms with Crippen LogP contribution in [0.15, 0.2) is 24.3 Å². The maximum absolute atomic E-state index is 12.1. The van der Waals surface area contributed by atoms with Crippen LogP contribution < -0.4 is 5.32 Å². The summed E-state index contributed by atoms with van der Waals surface area (Å²) in [5, 5.41) is 3.82. The van der Waals surface area contributed by atoms with Crippen LogP contribution in [-0.2, 0) is 0 Å². The molecule has 2 bridgehead atoms. The van der Waals surface area contributed by atoms with Gasteiger partial charge in [0.15, 0.2) is 0 Å². The molecule has 0 aliphatic carbocycles. The van der Waals surface area contributed by atoms with E-state index < -0.39 is 0 Å². The average Bonchev–Trinajstić information content (AvgIpc) is 2.41. The molecule has 1 amide bonds. The Labute approximate surface area is 124 Å². The lowest BCUT2D eigenvalue weighted by Crippen LogP contribution is -2.57. The van der Waals surface area contributed by atoms with Crippen molar-refractivity contribution in [3.8, 4) is 0 Å². The number of amides is 1. The predicted molar refractivity (Wildman–Crippen MR) is 79.1 cm³/mol. The van der Waals surface area contributed by atoms with Crippen molar-refractivity contribution in [1.29, 1.82) is 0 Å². The predicted octanol–water partition coefficient (Wildman–Crippen LogP) is 2.59. The van der Waals surface area contributed by atoms with E-state index in [1.807, 2.05) is 0 Å². The molecule has 5 heteroatoms. The molecule has 3 nitrogen and oxygen atoms in total. The Morgan fingerprint density at radius 1 is 1.21 bits per heavy atom. The molecule has 1 atom stereocenters. The van der Waals surface area contributed by atoms with E-state index in [9.17, 15) is 4.79 Å². The Balaban J connectivity index is 0.00000133. The maximum Gasteiger partial charge on any atom is 0.251 e. The van der Waals surface area contributed by atoms with Crippen LogP contribution in [0.1, 0.15) is 23.2 Å². The van der Waals surface area contributed by atoms with Gasteiger partial charge in [0.1, 0.15) is 0 Å². The zero-order valence-corrected chi connectivity index (χ0v) is 12.2. The molecule has 1 N–H and O–H groups in total. The molecule has 4 rings (SSSR count). The van der Waals surface area contributed by atoms with Gasteiger partial charge in [-0.25, -0.2) is 0 Å². The lowest BCUT2D eigenvalue weighted by molar-refractivity contribution is 0.0620. The van der Waals surface area contributed by atoms with E-state index in [4.69, 9.17) is 11.6 Å². The Morgan fingerprint density at radius 2 is 1.84 bits per heavy atom. The van der Waals surface area contributed by atoms with Crippen LogP contribution in [0.5, 0.6) is 0 Å². The summed E-state index contributed by atoms with van der Waals surface area (Å²) in [6.45, 7) is 3.39. The van der Waals surface area contributed by atoms with Gasteiger partial charge in [-0.3, -0.25) is 4.79 Å². The van der Waals surface area contributed by atoms with Crippen molar-refractivity contribution in [3.63, 3.8) is 0 Å². The van der Waals surface area contributed by atoms with Gasteiger partial charge in [0, 0.05) is 23.2 Å². The highest BCUT2D eigenvalue weighted by Crippen LogP contribution is 2.27. The summed E-state index contributed by atoms with van der Waals surface area (Å²) in [5.74, 6) is 0.677. The fraction of sp³-hybridized carbons (Fsp3) is 0.500. The molecule has 3 fully saturated rings. The van der Waals surface area contributed by atoms with Crippen LogP contribution in [0.4, 0.5) is 0 Å². The number of carbonyl (C=O) groups excluding carboxylic acids is 1. The van der Waals surface area contributed by atoms with Crippen molar-refractivity contribution in [1.82, 2.24) is 10.2 Å². The Kier molecular flexibility index (Phi) is 4.71. The van der Waals surface area contributed by atoms with E-state index in [-0.39, 0.29) is 18.3 Å². The van der Waals surface area contributed by atoms with Crippen LogP contribution in [0.2, 0.25) is 5.02 Å². The quantitative estimate of drug-likeness (QED) is 0.910. The monoisotopic (exact) mass is 300 g/mol. The topological polar surface area (TPSA) is 32.3 Å². The van der Waals surface area contributed by atoms with Gasteiger partial charge < -0.3 is 10.2 Å². The van der Waals surface area contributed by atoms with Gasteiger partial charge in [0.25, 0.3) is 5.91 Å². The van der Waals surface area contributed by atoms with Crippen molar-refractivity contribution in [2.24, 2.45) is 5.92 Å². The van der Waals surface area contributed by atoms with Crippen LogP contribution >= 0.6 is 24.0 Å².